The van der Waals surface area contributed by atoms with Crippen molar-refractivity contribution in [3.63, 3.8) is 0 Å². The number of methoxy groups -OCH3 is 1. The monoisotopic (exact) mass is 285 g/mol. The summed E-state index contributed by atoms with van der Waals surface area (Å²) in [5.41, 5.74) is 2.67. The zero-order chi connectivity index (χ0) is 14.8. The molecule has 1 amide bonds. The Bertz CT molecular complexity index is 676. The molecule has 3 rings (SSSR count). The highest BCUT2D eigenvalue weighted by molar-refractivity contribution is 6.07. The van der Waals surface area contributed by atoms with Crippen LogP contribution in [0, 0.1) is 0 Å². The molecule has 1 aliphatic rings. The molecular weight excluding hydrogens is 270 g/mol. The van der Waals surface area contributed by atoms with Gasteiger partial charge in [-0.2, -0.15) is 0 Å². The molecule has 1 aromatic heterocycles. The van der Waals surface area contributed by atoms with Gasteiger partial charge in [0.25, 0.3) is 5.91 Å². The van der Waals surface area contributed by atoms with E-state index in [0.29, 0.717) is 17.7 Å². The minimum absolute atomic E-state index is 0.119. The van der Waals surface area contributed by atoms with Crippen LogP contribution in [0.1, 0.15) is 32.7 Å². The molecule has 0 N–H and O–H groups in total. The van der Waals surface area contributed by atoms with Gasteiger partial charge >= 0.3 is 5.97 Å². The molecule has 1 aliphatic heterocycles. The van der Waals surface area contributed by atoms with E-state index in [-0.39, 0.29) is 11.9 Å². The molecule has 0 atom stereocenters. The number of rotatable bonds is 2. The van der Waals surface area contributed by atoms with Crippen LogP contribution in [0.2, 0.25) is 0 Å². The second kappa shape index (κ2) is 5.44. The number of hydrogen-bond acceptors (Lipinski definition) is 4. The van der Waals surface area contributed by atoms with Crippen LogP contribution in [0.25, 0.3) is 0 Å². The molecule has 21 heavy (non-hydrogen) atoms. The van der Waals surface area contributed by atoms with E-state index in [9.17, 15) is 9.59 Å². The first-order valence-electron chi connectivity index (χ1n) is 6.76. The Kier molecular flexibility index (Phi) is 3.48. The zero-order valence-corrected chi connectivity index (χ0v) is 11.7. The fourth-order valence-corrected chi connectivity index (χ4v) is 2.68. The highest BCUT2D eigenvalue weighted by atomic mass is 16.5. The molecule has 0 unspecified atom stereocenters. The van der Waals surface area contributed by atoms with Crippen molar-refractivity contribution in [2.45, 2.75) is 12.8 Å². The molecule has 5 nitrogen and oxygen atoms in total. The number of hydrogen-bond donors (Lipinski definition) is 0. The maximum absolute atomic E-state index is 12.5. The van der Waals surface area contributed by atoms with Crippen LogP contribution in [0.15, 0.2) is 41.2 Å². The van der Waals surface area contributed by atoms with Crippen molar-refractivity contribution in [3.8, 4) is 0 Å². The largest absolute Gasteiger partial charge is 0.472 e. The highest BCUT2D eigenvalue weighted by Gasteiger charge is 2.27. The summed E-state index contributed by atoms with van der Waals surface area (Å²) in [4.78, 5) is 26.1. The minimum atomic E-state index is -0.371. The standard InChI is InChI=1S/C16H15NO4/c1-20-16(19)13-4-2-6-14-12(13)5-3-8-17(14)15(18)11-7-9-21-10-11/h2,4,6-7,9-10H,3,5,8H2,1H3. The highest BCUT2D eigenvalue weighted by Crippen LogP contribution is 2.31. The first-order valence-corrected chi connectivity index (χ1v) is 6.76. The summed E-state index contributed by atoms with van der Waals surface area (Å²) in [7, 11) is 1.36. The number of benzene rings is 1. The Hall–Kier alpha value is -2.56. The van der Waals surface area contributed by atoms with Crippen molar-refractivity contribution in [3.05, 3.63) is 53.5 Å². The Morgan fingerprint density at radius 2 is 2.14 bits per heavy atom. The molecule has 2 heterocycles. The van der Waals surface area contributed by atoms with Crippen molar-refractivity contribution in [2.75, 3.05) is 18.6 Å². The lowest BCUT2D eigenvalue weighted by Crippen LogP contribution is -2.35. The van der Waals surface area contributed by atoms with E-state index >= 15 is 0 Å². The second-order valence-corrected chi connectivity index (χ2v) is 4.87. The van der Waals surface area contributed by atoms with Crippen molar-refractivity contribution in [2.24, 2.45) is 0 Å². The molecule has 0 bridgehead atoms. The van der Waals surface area contributed by atoms with Gasteiger partial charge in [-0.1, -0.05) is 6.07 Å². The summed E-state index contributed by atoms with van der Waals surface area (Å²) < 4.78 is 9.79. The van der Waals surface area contributed by atoms with Gasteiger partial charge in [0.1, 0.15) is 6.26 Å². The Labute approximate surface area is 122 Å². The third-order valence-corrected chi connectivity index (χ3v) is 3.67. The summed E-state index contributed by atoms with van der Waals surface area (Å²) >= 11 is 0. The van der Waals surface area contributed by atoms with Gasteiger partial charge in [0.05, 0.1) is 24.5 Å². The first-order chi connectivity index (χ1) is 10.2. The van der Waals surface area contributed by atoms with E-state index in [2.05, 4.69) is 0 Å². The molecule has 2 aromatic rings. The summed E-state index contributed by atoms with van der Waals surface area (Å²) in [6.45, 7) is 0.627. The molecule has 0 fully saturated rings. The number of esters is 1. The Morgan fingerprint density at radius 3 is 2.86 bits per heavy atom. The molecule has 108 valence electrons. The quantitative estimate of drug-likeness (QED) is 0.796. The lowest BCUT2D eigenvalue weighted by atomic mass is 9.96. The number of nitrogens with zero attached hydrogens (tertiary/aromatic N) is 1. The lowest BCUT2D eigenvalue weighted by molar-refractivity contribution is 0.0599. The fourth-order valence-electron chi connectivity index (χ4n) is 2.68. The predicted octanol–water partition coefficient (Wildman–Crippen LogP) is 2.66. The van der Waals surface area contributed by atoms with Crippen LogP contribution >= 0.6 is 0 Å². The predicted molar refractivity (Wildman–Crippen MR) is 76.5 cm³/mol. The van der Waals surface area contributed by atoms with Gasteiger partial charge in [0, 0.05) is 12.2 Å². The van der Waals surface area contributed by atoms with E-state index in [1.165, 1.54) is 19.6 Å². The van der Waals surface area contributed by atoms with Gasteiger partial charge in [-0.05, 0) is 36.6 Å². The van der Waals surface area contributed by atoms with Crippen LogP contribution in [0.5, 0.6) is 0 Å². The molecular formula is C16H15NO4. The van der Waals surface area contributed by atoms with Crippen molar-refractivity contribution in [1.82, 2.24) is 0 Å². The van der Waals surface area contributed by atoms with Crippen LogP contribution in [0.3, 0.4) is 0 Å². The maximum atomic E-state index is 12.5. The van der Waals surface area contributed by atoms with Crippen LogP contribution < -0.4 is 4.90 Å². The fraction of sp³-hybridized carbons (Fsp3) is 0.250. The molecule has 0 saturated heterocycles. The molecule has 0 aliphatic carbocycles. The zero-order valence-electron chi connectivity index (χ0n) is 11.7. The third kappa shape index (κ3) is 2.31. The number of carbonyl (C=O) groups excluding carboxylic acids is 2. The van der Waals surface area contributed by atoms with E-state index in [1.807, 2.05) is 6.07 Å². The molecule has 1 aromatic carbocycles. The molecule has 0 saturated carbocycles. The van der Waals surface area contributed by atoms with Crippen LogP contribution in [0.4, 0.5) is 5.69 Å². The van der Waals surface area contributed by atoms with Crippen molar-refractivity contribution >= 4 is 17.6 Å². The maximum Gasteiger partial charge on any atom is 0.338 e. The van der Waals surface area contributed by atoms with Gasteiger partial charge in [0.15, 0.2) is 0 Å². The molecule has 0 radical (unpaired) electrons. The van der Waals surface area contributed by atoms with Crippen molar-refractivity contribution < 1.29 is 18.7 Å². The first kappa shape index (κ1) is 13.4. The van der Waals surface area contributed by atoms with Crippen LogP contribution in [-0.4, -0.2) is 25.5 Å². The molecule has 0 spiro atoms. The molecule has 5 heteroatoms. The third-order valence-electron chi connectivity index (χ3n) is 3.67. The Morgan fingerprint density at radius 1 is 1.29 bits per heavy atom. The number of furan rings is 1. The smallest absolute Gasteiger partial charge is 0.338 e. The van der Waals surface area contributed by atoms with Crippen LogP contribution in [-0.2, 0) is 11.2 Å². The van der Waals surface area contributed by atoms with Crippen molar-refractivity contribution in [1.29, 1.82) is 0 Å². The van der Waals surface area contributed by atoms with E-state index < -0.39 is 0 Å². The van der Waals surface area contributed by atoms with Gasteiger partial charge in [-0.3, -0.25) is 4.79 Å². The van der Waals surface area contributed by atoms with Gasteiger partial charge in [0.2, 0.25) is 0 Å². The number of anilines is 1. The van der Waals surface area contributed by atoms with E-state index in [0.717, 1.165) is 24.1 Å². The normalized spacial score (nSPS) is 13.7. The van der Waals surface area contributed by atoms with Gasteiger partial charge in [-0.25, -0.2) is 4.79 Å². The average molecular weight is 285 g/mol. The SMILES string of the molecule is COC(=O)c1cccc2c1CCCN2C(=O)c1ccoc1. The number of ether oxygens (including phenoxy) is 1. The number of fused-ring (bicyclic) bond motifs is 1. The van der Waals surface area contributed by atoms with Gasteiger partial charge < -0.3 is 14.1 Å². The lowest BCUT2D eigenvalue weighted by Gasteiger charge is -2.30. The van der Waals surface area contributed by atoms with E-state index in [1.54, 1.807) is 23.1 Å². The van der Waals surface area contributed by atoms with Gasteiger partial charge in [-0.15, -0.1) is 0 Å². The Balaban J connectivity index is 2.03. The number of amides is 1. The topological polar surface area (TPSA) is 59.8 Å². The van der Waals surface area contributed by atoms with E-state index in [4.69, 9.17) is 9.15 Å². The summed E-state index contributed by atoms with van der Waals surface area (Å²) in [5.74, 6) is -0.490. The summed E-state index contributed by atoms with van der Waals surface area (Å²) in [6.07, 6.45) is 4.48. The summed E-state index contributed by atoms with van der Waals surface area (Å²) in [5, 5.41) is 0. The number of carbonyl (C=O) groups is 2. The summed E-state index contributed by atoms with van der Waals surface area (Å²) in [6, 6.07) is 7.00. The minimum Gasteiger partial charge on any atom is -0.472 e. The average Bonchev–Trinajstić information content (AvgIpc) is 3.06. The second-order valence-electron chi connectivity index (χ2n) is 4.87.